The van der Waals surface area contributed by atoms with E-state index in [1.807, 2.05) is 41.8 Å². The fraction of sp³-hybridized carbons (Fsp3) is 0.312. The predicted octanol–water partition coefficient (Wildman–Crippen LogP) is 2.99. The van der Waals surface area contributed by atoms with Gasteiger partial charge < -0.3 is 5.32 Å². The number of hydrogen-bond acceptors (Lipinski definition) is 4. The van der Waals surface area contributed by atoms with E-state index in [1.54, 1.807) is 11.3 Å². The van der Waals surface area contributed by atoms with E-state index in [1.165, 1.54) is 4.88 Å². The van der Waals surface area contributed by atoms with Crippen LogP contribution in [-0.4, -0.2) is 20.5 Å². The Morgan fingerprint density at radius 1 is 1.32 bits per heavy atom. The highest BCUT2D eigenvalue weighted by molar-refractivity contribution is 7.09. The van der Waals surface area contributed by atoms with E-state index in [0.29, 0.717) is 6.42 Å². The molecule has 5 nitrogen and oxygen atoms in total. The number of nitrogens with zero attached hydrogens (tertiary/aromatic N) is 3. The summed E-state index contributed by atoms with van der Waals surface area (Å²) in [6, 6.07) is 9.72. The number of thiophene rings is 1. The van der Waals surface area contributed by atoms with Crippen molar-refractivity contribution in [3.8, 4) is 0 Å². The van der Waals surface area contributed by atoms with Crippen LogP contribution < -0.4 is 5.32 Å². The number of pyridine rings is 1. The third kappa shape index (κ3) is 3.33. The Kier molecular flexibility index (Phi) is 4.48. The molecule has 1 amide bonds. The van der Waals surface area contributed by atoms with Crippen molar-refractivity contribution in [2.45, 2.75) is 32.2 Å². The molecule has 0 bridgehead atoms. The van der Waals surface area contributed by atoms with Gasteiger partial charge in [-0.2, -0.15) is 0 Å². The van der Waals surface area contributed by atoms with Crippen molar-refractivity contribution in [1.29, 1.82) is 0 Å². The molecular formula is C16H18N4OS. The summed E-state index contributed by atoms with van der Waals surface area (Å²) in [5.41, 5.74) is 0.788. The van der Waals surface area contributed by atoms with Gasteiger partial charge in [0.2, 0.25) is 5.91 Å². The average Bonchev–Trinajstić information content (AvgIpc) is 3.16. The van der Waals surface area contributed by atoms with Crippen LogP contribution in [0.3, 0.4) is 0 Å². The van der Waals surface area contributed by atoms with Crippen molar-refractivity contribution in [3.05, 3.63) is 52.6 Å². The first kappa shape index (κ1) is 14.7. The number of carbonyl (C=O) groups is 1. The SMILES string of the molecule is CC(NC(=O)CCCc1cccs1)c1nnc2ccccn12. The molecule has 0 saturated carbocycles. The van der Waals surface area contributed by atoms with E-state index in [4.69, 9.17) is 0 Å². The molecule has 3 aromatic rings. The maximum atomic E-state index is 12.0. The second kappa shape index (κ2) is 6.70. The first-order chi connectivity index (χ1) is 10.7. The Hall–Kier alpha value is -2.21. The van der Waals surface area contributed by atoms with Gasteiger partial charge >= 0.3 is 0 Å². The normalized spacial score (nSPS) is 12.4. The van der Waals surface area contributed by atoms with Crippen LogP contribution in [0, 0.1) is 0 Å². The molecule has 1 unspecified atom stereocenters. The molecular weight excluding hydrogens is 296 g/mol. The number of hydrogen-bond donors (Lipinski definition) is 1. The summed E-state index contributed by atoms with van der Waals surface area (Å²) in [6.45, 7) is 1.93. The highest BCUT2D eigenvalue weighted by atomic mass is 32.1. The Morgan fingerprint density at radius 3 is 3.05 bits per heavy atom. The molecule has 114 valence electrons. The molecule has 3 heterocycles. The standard InChI is InChI=1S/C16H18N4OS/c1-12(16-19-18-14-8-2-3-10-20(14)16)17-15(21)9-4-6-13-7-5-11-22-13/h2-3,5,7-8,10-12H,4,6,9H2,1H3,(H,17,21). The smallest absolute Gasteiger partial charge is 0.220 e. The zero-order chi connectivity index (χ0) is 15.4. The van der Waals surface area contributed by atoms with E-state index in [-0.39, 0.29) is 11.9 Å². The minimum absolute atomic E-state index is 0.0525. The number of amides is 1. The minimum atomic E-state index is -0.161. The Bertz CT molecular complexity index is 750. The lowest BCUT2D eigenvalue weighted by Crippen LogP contribution is -2.27. The second-order valence-corrected chi connectivity index (χ2v) is 6.24. The van der Waals surface area contributed by atoms with Gasteiger partial charge in [-0.15, -0.1) is 21.5 Å². The van der Waals surface area contributed by atoms with Gasteiger partial charge in [0, 0.05) is 17.5 Å². The lowest BCUT2D eigenvalue weighted by molar-refractivity contribution is -0.121. The maximum absolute atomic E-state index is 12.0. The van der Waals surface area contributed by atoms with Gasteiger partial charge in [-0.05, 0) is 43.3 Å². The fourth-order valence-electron chi connectivity index (χ4n) is 2.41. The molecule has 6 heteroatoms. The van der Waals surface area contributed by atoms with Crippen molar-refractivity contribution in [3.63, 3.8) is 0 Å². The van der Waals surface area contributed by atoms with Gasteiger partial charge in [0.05, 0.1) is 6.04 Å². The summed E-state index contributed by atoms with van der Waals surface area (Å²) < 4.78 is 1.90. The van der Waals surface area contributed by atoms with Gasteiger partial charge in [0.1, 0.15) is 0 Å². The summed E-state index contributed by atoms with van der Waals surface area (Å²) in [5, 5.41) is 13.3. The van der Waals surface area contributed by atoms with Gasteiger partial charge in [0.25, 0.3) is 0 Å². The zero-order valence-electron chi connectivity index (χ0n) is 12.4. The molecule has 0 fully saturated rings. The molecule has 1 atom stereocenters. The van der Waals surface area contributed by atoms with Crippen LogP contribution in [0.2, 0.25) is 0 Å². The molecule has 3 aromatic heterocycles. The predicted molar refractivity (Wildman–Crippen MR) is 86.8 cm³/mol. The van der Waals surface area contributed by atoms with Crippen LogP contribution in [0.1, 0.15) is 36.5 Å². The zero-order valence-corrected chi connectivity index (χ0v) is 13.2. The number of aromatic nitrogens is 3. The average molecular weight is 314 g/mol. The summed E-state index contributed by atoms with van der Waals surface area (Å²) >= 11 is 1.73. The number of fused-ring (bicyclic) bond motifs is 1. The second-order valence-electron chi connectivity index (χ2n) is 5.21. The summed E-state index contributed by atoms with van der Waals surface area (Å²) in [4.78, 5) is 13.4. The number of nitrogens with one attached hydrogen (secondary N) is 1. The van der Waals surface area contributed by atoms with Crippen LogP contribution in [0.15, 0.2) is 41.9 Å². The maximum Gasteiger partial charge on any atom is 0.220 e. The Balaban J connectivity index is 1.54. The summed E-state index contributed by atoms with van der Waals surface area (Å²) in [5.74, 6) is 0.805. The van der Waals surface area contributed by atoms with Crippen LogP contribution >= 0.6 is 11.3 Å². The van der Waals surface area contributed by atoms with Gasteiger partial charge in [-0.1, -0.05) is 12.1 Å². The topological polar surface area (TPSA) is 59.3 Å². The molecule has 0 saturated heterocycles. The van der Waals surface area contributed by atoms with Gasteiger partial charge in [-0.3, -0.25) is 9.20 Å². The van der Waals surface area contributed by atoms with Crippen molar-refractivity contribution < 1.29 is 4.79 Å². The van der Waals surface area contributed by atoms with E-state index in [2.05, 4.69) is 27.0 Å². The van der Waals surface area contributed by atoms with Crippen LogP contribution in [-0.2, 0) is 11.2 Å². The first-order valence-corrected chi connectivity index (χ1v) is 8.23. The number of aryl methyl sites for hydroxylation is 1. The molecule has 22 heavy (non-hydrogen) atoms. The number of carbonyl (C=O) groups excluding carboxylic acids is 1. The van der Waals surface area contributed by atoms with Crippen LogP contribution in [0.5, 0.6) is 0 Å². The lowest BCUT2D eigenvalue weighted by atomic mass is 10.2. The highest BCUT2D eigenvalue weighted by Crippen LogP contribution is 2.14. The summed E-state index contributed by atoms with van der Waals surface area (Å²) in [6.07, 6.45) is 4.25. The quantitative estimate of drug-likeness (QED) is 0.761. The van der Waals surface area contributed by atoms with E-state index >= 15 is 0 Å². The molecule has 0 aliphatic rings. The minimum Gasteiger partial charge on any atom is -0.346 e. The van der Waals surface area contributed by atoms with Crippen LogP contribution in [0.25, 0.3) is 5.65 Å². The van der Waals surface area contributed by atoms with Crippen molar-refractivity contribution >= 4 is 22.9 Å². The van der Waals surface area contributed by atoms with Crippen molar-refractivity contribution in [2.24, 2.45) is 0 Å². The van der Waals surface area contributed by atoms with E-state index in [0.717, 1.165) is 24.3 Å². The van der Waals surface area contributed by atoms with Crippen molar-refractivity contribution in [2.75, 3.05) is 0 Å². The monoisotopic (exact) mass is 314 g/mol. The van der Waals surface area contributed by atoms with E-state index in [9.17, 15) is 4.79 Å². The third-order valence-electron chi connectivity index (χ3n) is 3.51. The molecule has 0 aliphatic carbocycles. The van der Waals surface area contributed by atoms with Gasteiger partial charge in [-0.25, -0.2) is 0 Å². The van der Waals surface area contributed by atoms with Gasteiger partial charge in [0.15, 0.2) is 11.5 Å². The molecule has 1 N–H and O–H groups in total. The highest BCUT2D eigenvalue weighted by Gasteiger charge is 2.15. The first-order valence-electron chi connectivity index (χ1n) is 7.35. The largest absolute Gasteiger partial charge is 0.346 e. The molecule has 0 aromatic carbocycles. The fourth-order valence-corrected chi connectivity index (χ4v) is 3.16. The summed E-state index contributed by atoms with van der Waals surface area (Å²) in [7, 11) is 0. The third-order valence-corrected chi connectivity index (χ3v) is 4.45. The Labute approximate surface area is 133 Å². The molecule has 0 aliphatic heterocycles. The lowest BCUT2D eigenvalue weighted by Gasteiger charge is -2.12. The molecule has 3 rings (SSSR count). The number of rotatable bonds is 6. The van der Waals surface area contributed by atoms with E-state index < -0.39 is 0 Å². The Morgan fingerprint density at radius 2 is 2.23 bits per heavy atom. The van der Waals surface area contributed by atoms with Crippen molar-refractivity contribution in [1.82, 2.24) is 19.9 Å². The van der Waals surface area contributed by atoms with Crippen LogP contribution in [0.4, 0.5) is 0 Å². The molecule has 0 radical (unpaired) electrons. The molecule has 0 spiro atoms.